The zero-order chi connectivity index (χ0) is 22.8. The number of fused-ring (bicyclic) bond motifs is 1. The highest BCUT2D eigenvalue weighted by Crippen LogP contribution is 2.23. The number of H-pyrrole nitrogens is 1. The van der Waals surface area contributed by atoms with Crippen LogP contribution in [0.25, 0.3) is 22.2 Å². The van der Waals surface area contributed by atoms with E-state index in [1.54, 1.807) is 23.1 Å². The average molecular weight is 441 g/mol. The molecule has 1 aliphatic heterocycles. The van der Waals surface area contributed by atoms with Gasteiger partial charge in [-0.3, -0.25) is 14.6 Å². The molecule has 2 heterocycles. The van der Waals surface area contributed by atoms with Crippen LogP contribution in [0.3, 0.4) is 0 Å². The summed E-state index contributed by atoms with van der Waals surface area (Å²) in [6.07, 6.45) is 0.532. The van der Waals surface area contributed by atoms with E-state index in [9.17, 15) is 14.4 Å². The molecule has 0 radical (unpaired) electrons. The predicted octanol–water partition coefficient (Wildman–Crippen LogP) is 3.22. The fourth-order valence-electron chi connectivity index (χ4n) is 4.30. The number of amides is 2. The number of rotatable bonds is 4. The van der Waals surface area contributed by atoms with Crippen LogP contribution >= 0.6 is 0 Å². The molecule has 0 aliphatic carbocycles. The van der Waals surface area contributed by atoms with Gasteiger partial charge in [-0.15, -0.1) is 0 Å². The largest absolute Gasteiger partial charge is 0.417 e. The number of nitrogens with zero attached hydrogens (tertiary/aromatic N) is 1. The van der Waals surface area contributed by atoms with Gasteiger partial charge in [-0.25, -0.2) is 4.79 Å². The number of benzene rings is 3. The van der Waals surface area contributed by atoms with Gasteiger partial charge in [-0.05, 0) is 41.3 Å². The second-order valence-corrected chi connectivity index (χ2v) is 8.24. The monoisotopic (exact) mass is 441 g/mol. The first-order valence-corrected chi connectivity index (χ1v) is 10.9. The molecule has 0 spiro atoms. The van der Waals surface area contributed by atoms with Crippen LogP contribution in [-0.4, -0.2) is 41.3 Å². The van der Waals surface area contributed by atoms with Crippen LogP contribution < -0.4 is 11.1 Å². The molecule has 7 nitrogen and oxygen atoms in total. The molecule has 0 saturated carbocycles. The molecule has 7 heteroatoms. The van der Waals surface area contributed by atoms with Gasteiger partial charge in [0.15, 0.2) is 5.58 Å². The number of oxazole rings is 1. The number of carbonyl (C=O) groups excluding carboxylic acids is 2. The van der Waals surface area contributed by atoms with Crippen LogP contribution in [0.15, 0.2) is 82.0 Å². The van der Waals surface area contributed by atoms with Crippen molar-refractivity contribution < 1.29 is 14.0 Å². The fourth-order valence-corrected chi connectivity index (χ4v) is 4.30. The molecule has 1 aromatic heterocycles. The molecular weight excluding hydrogens is 418 g/mol. The van der Waals surface area contributed by atoms with Crippen molar-refractivity contribution in [3.63, 3.8) is 0 Å². The van der Waals surface area contributed by atoms with Crippen molar-refractivity contribution in [1.82, 2.24) is 15.2 Å². The second kappa shape index (κ2) is 8.78. The molecule has 1 aliphatic rings. The number of hydrogen-bond acceptors (Lipinski definition) is 4. The van der Waals surface area contributed by atoms with Crippen molar-refractivity contribution in [2.45, 2.75) is 6.42 Å². The lowest BCUT2D eigenvalue weighted by atomic mass is 9.95. The van der Waals surface area contributed by atoms with Crippen LogP contribution in [0, 0.1) is 5.92 Å². The molecular formula is C26H23N3O4. The molecule has 0 bridgehead atoms. The van der Waals surface area contributed by atoms with Gasteiger partial charge < -0.3 is 14.6 Å². The van der Waals surface area contributed by atoms with Gasteiger partial charge in [-0.2, -0.15) is 0 Å². The first-order valence-electron chi connectivity index (χ1n) is 10.9. The first kappa shape index (κ1) is 20.8. The smallest absolute Gasteiger partial charge is 0.408 e. The summed E-state index contributed by atoms with van der Waals surface area (Å²) in [5.41, 5.74) is 4.58. The average Bonchev–Trinajstić information content (AvgIpc) is 3.12. The Balaban J connectivity index is 1.36. The van der Waals surface area contributed by atoms with Gasteiger partial charge in [0.2, 0.25) is 5.91 Å². The van der Waals surface area contributed by atoms with Crippen LogP contribution in [0.4, 0.5) is 0 Å². The Morgan fingerprint density at radius 2 is 1.79 bits per heavy atom. The van der Waals surface area contributed by atoms with Crippen molar-refractivity contribution in [3.05, 3.63) is 94.5 Å². The lowest BCUT2D eigenvalue weighted by Crippen LogP contribution is -2.37. The first-order chi connectivity index (χ1) is 16.1. The summed E-state index contributed by atoms with van der Waals surface area (Å²) in [5.74, 6) is -1.15. The highest BCUT2D eigenvalue weighted by molar-refractivity contribution is 5.97. The van der Waals surface area contributed by atoms with Crippen LogP contribution in [0.5, 0.6) is 0 Å². The minimum Gasteiger partial charge on any atom is -0.408 e. The summed E-state index contributed by atoms with van der Waals surface area (Å²) in [7, 11) is 0. The molecule has 1 saturated heterocycles. The van der Waals surface area contributed by atoms with E-state index in [1.807, 2.05) is 30.3 Å². The standard InChI is InChI=1S/C26H23N3O4/c30-24-21(14-17-5-4-8-19(13-17)18-6-2-1-3-7-18)16-29(12-11-27-24)25(31)20-9-10-23-22(15-20)28-26(32)33-23/h1-10,13,15,21H,11-12,14,16H2,(H,27,30)(H,28,32)/t21-/m1/s1. The van der Waals surface area contributed by atoms with Gasteiger partial charge in [0.25, 0.3) is 5.91 Å². The van der Waals surface area contributed by atoms with Crippen LogP contribution in [-0.2, 0) is 11.2 Å². The van der Waals surface area contributed by atoms with E-state index in [2.05, 4.69) is 34.6 Å². The van der Waals surface area contributed by atoms with Crippen LogP contribution in [0.1, 0.15) is 15.9 Å². The van der Waals surface area contributed by atoms with Crippen molar-refractivity contribution in [3.8, 4) is 11.1 Å². The van der Waals surface area contributed by atoms with Crippen molar-refractivity contribution >= 4 is 22.9 Å². The molecule has 4 aromatic rings. The van der Waals surface area contributed by atoms with E-state index in [0.717, 1.165) is 16.7 Å². The Morgan fingerprint density at radius 1 is 0.970 bits per heavy atom. The van der Waals surface area contributed by atoms with Crippen molar-refractivity contribution in [2.24, 2.45) is 5.92 Å². The Labute approximate surface area is 190 Å². The Morgan fingerprint density at radius 3 is 2.64 bits per heavy atom. The molecule has 33 heavy (non-hydrogen) atoms. The van der Waals surface area contributed by atoms with E-state index < -0.39 is 5.76 Å². The summed E-state index contributed by atoms with van der Waals surface area (Å²) in [4.78, 5) is 41.7. The highest BCUT2D eigenvalue weighted by Gasteiger charge is 2.28. The second-order valence-electron chi connectivity index (χ2n) is 8.24. The van der Waals surface area contributed by atoms with Crippen molar-refractivity contribution in [1.29, 1.82) is 0 Å². The zero-order valence-electron chi connectivity index (χ0n) is 17.9. The molecule has 1 fully saturated rings. The Kier molecular flexibility index (Phi) is 5.52. The number of aromatic nitrogens is 1. The van der Waals surface area contributed by atoms with Gasteiger partial charge in [-0.1, -0.05) is 54.6 Å². The minimum atomic E-state index is -0.558. The van der Waals surface area contributed by atoms with Gasteiger partial charge >= 0.3 is 5.76 Å². The van der Waals surface area contributed by atoms with E-state index >= 15 is 0 Å². The molecule has 166 valence electrons. The SMILES string of the molecule is O=C1NCCN(C(=O)c2ccc3oc(=O)[nH]c3c2)C[C@H]1Cc1cccc(-c2ccccc2)c1. The van der Waals surface area contributed by atoms with Gasteiger partial charge in [0.1, 0.15) is 0 Å². The highest BCUT2D eigenvalue weighted by atomic mass is 16.4. The van der Waals surface area contributed by atoms with Crippen molar-refractivity contribution in [2.75, 3.05) is 19.6 Å². The number of nitrogens with one attached hydrogen (secondary N) is 2. The molecule has 5 rings (SSSR count). The maximum atomic E-state index is 13.2. The van der Waals surface area contributed by atoms with Crippen LogP contribution in [0.2, 0.25) is 0 Å². The summed E-state index contributed by atoms with van der Waals surface area (Å²) in [5, 5.41) is 2.94. The molecule has 2 amide bonds. The number of aromatic amines is 1. The van der Waals surface area contributed by atoms with E-state index in [-0.39, 0.29) is 17.7 Å². The minimum absolute atomic E-state index is 0.0509. The summed E-state index contributed by atoms with van der Waals surface area (Å²) in [6, 6.07) is 23.1. The van der Waals surface area contributed by atoms with E-state index in [1.165, 1.54) is 0 Å². The Bertz CT molecular complexity index is 1370. The van der Waals surface area contributed by atoms with Gasteiger partial charge in [0.05, 0.1) is 11.4 Å². The fraction of sp³-hybridized carbons (Fsp3) is 0.192. The molecule has 0 unspecified atom stereocenters. The summed E-state index contributed by atoms with van der Waals surface area (Å²) in [6.45, 7) is 1.14. The summed E-state index contributed by atoms with van der Waals surface area (Å²) >= 11 is 0. The topological polar surface area (TPSA) is 95.4 Å². The number of hydrogen-bond donors (Lipinski definition) is 2. The Hall–Kier alpha value is -4.13. The zero-order valence-corrected chi connectivity index (χ0v) is 17.9. The third kappa shape index (κ3) is 4.43. The summed E-state index contributed by atoms with van der Waals surface area (Å²) < 4.78 is 5.02. The normalized spacial score (nSPS) is 16.4. The van der Waals surface area contributed by atoms with Gasteiger partial charge in [0, 0.05) is 25.2 Å². The van der Waals surface area contributed by atoms with E-state index in [0.29, 0.717) is 42.7 Å². The lowest BCUT2D eigenvalue weighted by molar-refractivity contribution is -0.124. The third-order valence-corrected chi connectivity index (χ3v) is 5.96. The molecule has 2 N–H and O–H groups in total. The van der Waals surface area contributed by atoms with E-state index in [4.69, 9.17) is 4.42 Å². The molecule has 1 atom stereocenters. The predicted molar refractivity (Wildman–Crippen MR) is 125 cm³/mol. The quantitative estimate of drug-likeness (QED) is 0.508. The maximum absolute atomic E-state index is 13.2. The lowest BCUT2D eigenvalue weighted by Gasteiger charge is -2.23. The number of carbonyl (C=O) groups is 2. The third-order valence-electron chi connectivity index (χ3n) is 5.96. The molecule has 3 aromatic carbocycles. The maximum Gasteiger partial charge on any atom is 0.417 e.